The summed E-state index contributed by atoms with van der Waals surface area (Å²) in [6.45, 7) is 7.75. The fourth-order valence-corrected chi connectivity index (χ4v) is 8.58. The summed E-state index contributed by atoms with van der Waals surface area (Å²) >= 11 is 0. The predicted octanol–water partition coefficient (Wildman–Crippen LogP) is 6.06. The van der Waals surface area contributed by atoms with Gasteiger partial charge in [0.1, 0.15) is 0 Å². The SMILES string of the molecule is CC(C)(C)[Si](OCCC/C=C/c1ccccc1)(c1ccccc1)c1ccccc1. The van der Waals surface area contributed by atoms with E-state index in [1.54, 1.807) is 0 Å². The van der Waals surface area contributed by atoms with Crippen LogP contribution in [-0.4, -0.2) is 14.9 Å². The van der Waals surface area contributed by atoms with Gasteiger partial charge in [0.25, 0.3) is 8.32 Å². The monoisotopic (exact) mass is 400 g/mol. The molecule has 0 amide bonds. The van der Waals surface area contributed by atoms with Crippen molar-refractivity contribution < 1.29 is 4.43 Å². The van der Waals surface area contributed by atoms with Crippen LogP contribution in [0.3, 0.4) is 0 Å². The maximum Gasteiger partial charge on any atom is 0.261 e. The summed E-state index contributed by atoms with van der Waals surface area (Å²) in [6, 6.07) is 32.2. The Morgan fingerprint density at radius 3 is 1.69 bits per heavy atom. The first-order chi connectivity index (χ1) is 14.0. The van der Waals surface area contributed by atoms with Gasteiger partial charge in [-0.3, -0.25) is 0 Å². The third kappa shape index (κ3) is 5.14. The van der Waals surface area contributed by atoms with Crippen molar-refractivity contribution in [2.24, 2.45) is 0 Å². The summed E-state index contributed by atoms with van der Waals surface area (Å²) < 4.78 is 6.92. The summed E-state index contributed by atoms with van der Waals surface area (Å²) in [5.41, 5.74) is 1.25. The predicted molar refractivity (Wildman–Crippen MR) is 128 cm³/mol. The van der Waals surface area contributed by atoms with Crippen LogP contribution in [0.1, 0.15) is 39.2 Å². The maximum atomic E-state index is 6.92. The first kappa shape index (κ1) is 21.3. The van der Waals surface area contributed by atoms with Crippen molar-refractivity contribution in [1.82, 2.24) is 0 Å². The Labute approximate surface area is 177 Å². The zero-order valence-corrected chi connectivity index (χ0v) is 18.8. The van der Waals surface area contributed by atoms with Crippen molar-refractivity contribution >= 4 is 24.8 Å². The highest BCUT2D eigenvalue weighted by molar-refractivity contribution is 6.99. The van der Waals surface area contributed by atoms with Crippen LogP contribution in [0, 0.1) is 0 Å². The fraction of sp³-hybridized carbons (Fsp3) is 0.259. The zero-order valence-electron chi connectivity index (χ0n) is 17.8. The largest absolute Gasteiger partial charge is 0.407 e. The molecule has 0 spiro atoms. The number of hydrogen-bond donors (Lipinski definition) is 0. The van der Waals surface area contributed by atoms with Crippen LogP contribution in [0.25, 0.3) is 6.08 Å². The molecule has 0 heterocycles. The van der Waals surface area contributed by atoms with Gasteiger partial charge in [-0.1, -0.05) is 124 Å². The van der Waals surface area contributed by atoms with Gasteiger partial charge in [-0.15, -0.1) is 0 Å². The second kappa shape index (κ2) is 9.86. The first-order valence-electron chi connectivity index (χ1n) is 10.5. The summed E-state index contributed by atoms with van der Waals surface area (Å²) in [4.78, 5) is 0. The molecule has 0 aliphatic rings. The van der Waals surface area contributed by atoms with E-state index in [9.17, 15) is 0 Å². The second-order valence-corrected chi connectivity index (χ2v) is 12.8. The van der Waals surface area contributed by atoms with Gasteiger partial charge in [-0.05, 0) is 33.8 Å². The molecular formula is C27H32OSi. The van der Waals surface area contributed by atoms with E-state index in [0.29, 0.717) is 0 Å². The minimum atomic E-state index is -2.40. The number of rotatable bonds is 8. The molecule has 2 heteroatoms. The van der Waals surface area contributed by atoms with Crippen molar-refractivity contribution in [1.29, 1.82) is 0 Å². The number of allylic oxidation sites excluding steroid dienone is 1. The molecule has 29 heavy (non-hydrogen) atoms. The summed E-state index contributed by atoms with van der Waals surface area (Å²) in [7, 11) is -2.40. The van der Waals surface area contributed by atoms with Crippen molar-refractivity contribution in [3.8, 4) is 0 Å². The van der Waals surface area contributed by atoms with E-state index in [2.05, 4.69) is 124 Å². The molecule has 1 nitrogen and oxygen atoms in total. The third-order valence-corrected chi connectivity index (χ3v) is 10.4. The van der Waals surface area contributed by atoms with Crippen LogP contribution in [0.15, 0.2) is 97.1 Å². The minimum absolute atomic E-state index is 0.0373. The lowest BCUT2D eigenvalue weighted by Crippen LogP contribution is -2.66. The lowest BCUT2D eigenvalue weighted by molar-refractivity contribution is 0.293. The highest BCUT2D eigenvalue weighted by atomic mass is 28.4. The van der Waals surface area contributed by atoms with Crippen LogP contribution < -0.4 is 10.4 Å². The lowest BCUT2D eigenvalue weighted by atomic mass is 10.2. The van der Waals surface area contributed by atoms with Crippen molar-refractivity contribution in [3.63, 3.8) is 0 Å². The topological polar surface area (TPSA) is 9.23 Å². The molecule has 0 radical (unpaired) electrons. The molecule has 3 aromatic carbocycles. The first-order valence-corrected chi connectivity index (χ1v) is 12.4. The molecule has 0 aromatic heterocycles. The standard InChI is InChI=1S/C27H32OSi/c1-27(2,3)29(25-19-11-5-12-20-25,26-21-13-6-14-22-26)28-23-15-7-10-18-24-16-8-4-9-17-24/h4-6,8-14,16-22H,7,15,23H2,1-3H3/b18-10+. The number of hydrogen-bond acceptors (Lipinski definition) is 1. The van der Waals surface area contributed by atoms with E-state index in [-0.39, 0.29) is 5.04 Å². The molecule has 0 bridgehead atoms. The Kier molecular flexibility index (Phi) is 7.24. The van der Waals surface area contributed by atoms with Crippen molar-refractivity contribution in [2.45, 2.75) is 38.7 Å². The van der Waals surface area contributed by atoms with Crippen molar-refractivity contribution in [2.75, 3.05) is 6.61 Å². The van der Waals surface area contributed by atoms with Crippen LogP contribution in [-0.2, 0) is 4.43 Å². The van der Waals surface area contributed by atoms with Crippen LogP contribution >= 0.6 is 0 Å². The summed E-state index contributed by atoms with van der Waals surface area (Å²) in [6.07, 6.45) is 6.49. The van der Waals surface area contributed by atoms with E-state index >= 15 is 0 Å². The normalized spacial score (nSPS) is 12.4. The Bertz CT molecular complexity index is 841. The fourth-order valence-electron chi connectivity index (χ4n) is 3.97. The second-order valence-electron chi connectivity index (χ2n) is 8.47. The van der Waals surface area contributed by atoms with Gasteiger partial charge in [0.2, 0.25) is 0 Å². The molecule has 0 saturated heterocycles. The molecule has 0 aliphatic heterocycles. The molecular weight excluding hydrogens is 368 g/mol. The zero-order chi connectivity index (χ0) is 20.6. The Morgan fingerprint density at radius 1 is 0.724 bits per heavy atom. The van der Waals surface area contributed by atoms with E-state index in [4.69, 9.17) is 4.43 Å². The quantitative estimate of drug-likeness (QED) is 0.330. The van der Waals surface area contributed by atoms with E-state index in [1.165, 1.54) is 15.9 Å². The molecule has 3 aromatic rings. The average molecular weight is 401 g/mol. The molecule has 150 valence electrons. The third-order valence-electron chi connectivity index (χ3n) is 5.36. The number of benzene rings is 3. The van der Waals surface area contributed by atoms with Crippen LogP contribution in [0.2, 0.25) is 5.04 Å². The van der Waals surface area contributed by atoms with Crippen molar-refractivity contribution in [3.05, 3.63) is 103 Å². The molecule has 0 N–H and O–H groups in total. The molecule has 0 saturated carbocycles. The average Bonchev–Trinajstić information content (AvgIpc) is 2.74. The smallest absolute Gasteiger partial charge is 0.261 e. The van der Waals surface area contributed by atoms with Gasteiger partial charge in [-0.25, -0.2) is 0 Å². The molecule has 3 rings (SSSR count). The summed E-state index contributed by atoms with van der Waals surface area (Å²) in [5, 5.41) is 2.73. The number of unbranched alkanes of at least 4 members (excludes halogenated alkanes) is 1. The summed E-state index contributed by atoms with van der Waals surface area (Å²) in [5.74, 6) is 0. The Morgan fingerprint density at radius 2 is 1.21 bits per heavy atom. The molecule has 0 atom stereocenters. The van der Waals surface area contributed by atoms with E-state index in [0.717, 1.165) is 19.4 Å². The molecule has 0 fully saturated rings. The van der Waals surface area contributed by atoms with Gasteiger partial charge in [0.15, 0.2) is 0 Å². The van der Waals surface area contributed by atoms with Gasteiger partial charge in [0.05, 0.1) is 0 Å². The van der Waals surface area contributed by atoms with Gasteiger partial charge in [-0.2, -0.15) is 0 Å². The highest BCUT2D eigenvalue weighted by Crippen LogP contribution is 2.36. The van der Waals surface area contributed by atoms with Crippen LogP contribution in [0.5, 0.6) is 0 Å². The Balaban J connectivity index is 1.78. The lowest BCUT2D eigenvalue weighted by Gasteiger charge is -2.43. The van der Waals surface area contributed by atoms with E-state index in [1.807, 2.05) is 0 Å². The highest BCUT2D eigenvalue weighted by Gasteiger charge is 2.49. The maximum absolute atomic E-state index is 6.92. The molecule has 0 aliphatic carbocycles. The molecule has 0 unspecified atom stereocenters. The minimum Gasteiger partial charge on any atom is -0.407 e. The van der Waals surface area contributed by atoms with Gasteiger partial charge < -0.3 is 4.43 Å². The van der Waals surface area contributed by atoms with Gasteiger partial charge >= 0.3 is 0 Å². The van der Waals surface area contributed by atoms with E-state index < -0.39 is 8.32 Å². The Hall–Kier alpha value is -2.42. The van der Waals surface area contributed by atoms with Crippen LogP contribution in [0.4, 0.5) is 0 Å². The van der Waals surface area contributed by atoms with Gasteiger partial charge in [0, 0.05) is 6.61 Å².